The number of Topliss-reactive ketones (excluding diaryl/α,β-unsaturated/α-hetero) is 1. The van der Waals surface area contributed by atoms with Gasteiger partial charge < -0.3 is 24.9 Å². The first-order valence-corrected chi connectivity index (χ1v) is 31.6. The molecule has 47 heteroatoms. The van der Waals surface area contributed by atoms with Crippen LogP contribution in [-0.4, -0.2) is 262 Å². The van der Waals surface area contributed by atoms with Crippen LogP contribution in [0.1, 0.15) is 136 Å². The number of ketones is 1. The van der Waals surface area contributed by atoms with Crippen molar-refractivity contribution in [2.24, 2.45) is 42.3 Å². The molecule has 0 radical (unpaired) electrons. The van der Waals surface area contributed by atoms with Crippen LogP contribution in [0.3, 0.4) is 0 Å². The smallest absolute Gasteiger partial charge is 0.352 e. The minimum atomic E-state index is -0.403. The molecule has 0 atom stereocenters. The van der Waals surface area contributed by atoms with Crippen molar-refractivity contribution in [2.75, 3.05) is 60.4 Å². The highest BCUT2D eigenvalue weighted by molar-refractivity contribution is 6.00. The van der Waals surface area contributed by atoms with Gasteiger partial charge in [-0.25, -0.2) is 85.1 Å². The number of likely N-dealkylation sites (tertiary alicyclic amines) is 1. The lowest BCUT2D eigenvalue weighted by Gasteiger charge is -2.21. The molecule has 0 aromatic carbocycles. The zero-order chi connectivity index (χ0) is 75.3. The Labute approximate surface area is 578 Å². The summed E-state index contributed by atoms with van der Waals surface area (Å²) in [6.07, 6.45) is 13.6. The van der Waals surface area contributed by atoms with Gasteiger partial charge >= 0.3 is 34.1 Å². The van der Waals surface area contributed by atoms with E-state index in [1.807, 2.05) is 13.8 Å². The van der Waals surface area contributed by atoms with E-state index in [1.165, 1.54) is 121 Å². The molecule has 1 aliphatic rings. The van der Waals surface area contributed by atoms with E-state index < -0.39 is 17.3 Å². The summed E-state index contributed by atoms with van der Waals surface area (Å²) < 4.78 is 13.7. The lowest BCUT2D eigenvalue weighted by Crippen LogP contribution is -2.34. The molecule has 5 amide bonds. The maximum atomic E-state index is 12.7. The van der Waals surface area contributed by atoms with Crippen LogP contribution in [0.25, 0.3) is 33.9 Å². The zero-order valence-electron chi connectivity index (χ0n) is 58.6. The van der Waals surface area contributed by atoms with Gasteiger partial charge in [-0.2, -0.15) is 28.1 Å². The van der Waals surface area contributed by atoms with Gasteiger partial charge in [0.15, 0.2) is 73.8 Å². The molecule has 544 valence electrons. The number of nitrogens with zero attached hydrogens (tertiary/aromatic N) is 34. The van der Waals surface area contributed by atoms with E-state index in [4.69, 9.17) is 0 Å². The van der Waals surface area contributed by atoms with E-state index in [0.717, 1.165) is 84.1 Å². The number of aromatic nitrogens is 30. The van der Waals surface area contributed by atoms with Gasteiger partial charge in [0.1, 0.15) is 38.0 Å². The Kier molecular flexibility index (Phi) is 24.2. The van der Waals surface area contributed by atoms with Gasteiger partial charge in [-0.15, -0.1) is 30.6 Å². The number of rotatable bonds is 14. The number of hydrogen-bond donors (Lipinski definition) is 1. The van der Waals surface area contributed by atoms with E-state index >= 15 is 0 Å². The molecule has 0 unspecified atom stereocenters. The topological polar surface area (TPSA) is 518 Å². The van der Waals surface area contributed by atoms with E-state index in [2.05, 4.69) is 111 Å². The molecule has 12 aromatic rings. The average Bonchev–Trinajstić information content (AvgIpc) is 1.67. The summed E-state index contributed by atoms with van der Waals surface area (Å²) >= 11 is 0. The number of hydrogen-bond acceptors (Lipinski definition) is 30. The van der Waals surface area contributed by atoms with Gasteiger partial charge in [-0.1, -0.05) is 58.0 Å². The largest absolute Gasteiger partial charge is 0.354 e. The van der Waals surface area contributed by atoms with Crippen LogP contribution in [-0.2, 0) is 42.3 Å². The van der Waals surface area contributed by atoms with Crippen LogP contribution in [0.5, 0.6) is 0 Å². The molecule has 1 aliphatic heterocycles. The molecule has 0 spiro atoms. The third kappa shape index (κ3) is 16.1. The summed E-state index contributed by atoms with van der Waals surface area (Å²) in [7, 11) is 13.6. The van der Waals surface area contributed by atoms with Crippen LogP contribution in [0.4, 0.5) is 0 Å². The summed E-state index contributed by atoms with van der Waals surface area (Å²) in [6.45, 7) is 13.3. The van der Waals surface area contributed by atoms with Crippen molar-refractivity contribution in [3.05, 3.63) is 135 Å². The van der Waals surface area contributed by atoms with Gasteiger partial charge in [-0.05, 0) is 39.5 Å². The molecule has 0 bridgehead atoms. The van der Waals surface area contributed by atoms with Gasteiger partial charge in [0, 0.05) is 110 Å². The van der Waals surface area contributed by atoms with Crippen molar-refractivity contribution in [1.29, 1.82) is 0 Å². The highest BCUT2D eigenvalue weighted by atomic mass is 16.2. The van der Waals surface area contributed by atoms with Crippen molar-refractivity contribution in [1.82, 2.24) is 171 Å². The van der Waals surface area contributed by atoms with Crippen LogP contribution in [0.15, 0.2) is 66.7 Å². The maximum absolute atomic E-state index is 12.7. The van der Waals surface area contributed by atoms with Crippen LogP contribution >= 0.6 is 0 Å². The first-order chi connectivity index (χ1) is 49.1. The van der Waals surface area contributed by atoms with E-state index in [0.29, 0.717) is 26.2 Å². The van der Waals surface area contributed by atoms with Crippen LogP contribution < -0.4 is 39.5 Å². The molecule has 1 saturated heterocycles. The number of fused-ring (bicyclic) bond motifs is 6. The molecule has 47 nitrogen and oxygen atoms in total. The average molecular weight is 1430 g/mol. The number of nitrogens with one attached hydrogen (secondary N) is 1. The second-order valence-corrected chi connectivity index (χ2v) is 22.5. The molecule has 1 fully saturated rings. The van der Waals surface area contributed by atoms with Gasteiger partial charge in [0.25, 0.3) is 29.5 Å². The minimum Gasteiger partial charge on any atom is -0.354 e. The second-order valence-electron chi connectivity index (χ2n) is 22.5. The second kappa shape index (κ2) is 33.0. The van der Waals surface area contributed by atoms with Crippen LogP contribution in [0.2, 0.25) is 0 Å². The lowest BCUT2D eigenvalue weighted by molar-refractivity contribution is 0.0744. The van der Waals surface area contributed by atoms with Crippen LogP contribution in [0, 0.1) is 0 Å². The van der Waals surface area contributed by atoms with Gasteiger partial charge in [0.2, 0.25) is 0 Å². The highest BCUT2D eigenvalue weighted by Crippen LogP contribution is 2.15. The highest BCUT2D eigenvalue weighted by Gasteiger charge is 2.27. The Hall–Kier alpha value is -13.3. The monoisotopic (exact) mass is 1430 g/mol. The van der Waals surface area contributed by atoms with E-state index in [1.54, 1.807) is 28.8 Å². The molecule has 13 heterocycles. The molecule has 0 aliphatic carbocycles. The Balaban J connectivity index is 0.000000157. The third-order valence-electron chi connectivity index (χ3n) is 15.3. The normalized spacial score (nSPS) is 11.6. The summed E-state index contributed by atoms with van der Waals surface area (Å²) in [4.78, 5) is 171. The molecular weight excluding hydrogens is 1350 g/mol. The Morgan fingerprint density at radius 1 is 0.398 bits per heavy atom. The van der Waals surface area contributed by atoms with Crippen molar-refractivity contribution < 1.29 is 28.8 Å². The SMILES string of the molecule is CC(=O)c1ncn2c(=O)n(C)nnc12.CCCCN(CCCC)C(=O)c1ncn2c(=O)n(C)nnc12.CCN(CC)C(=O)c1ncn2c(=O)n(C)nnc12.CN(C)C(=O)c1ncn2c(=O)n(C)nnc12.CNC(=O)c1ncn2c(=O)n(C)nnc12.Cn1nnc2c(C(=O)N3CCCC3)ncn2c1=O. The van der Waals surface area contributed by atoms with E-state index in [-0.39, 0.29) is 120 Å². The fourth-order valence-corrected chi connectivity index (χ4v) is 9.52. The van der Waals surface area contributed by atoms with Crippen molar-refractivity contribution >= 4 is 69.2 Å². The molecule has 13 rings (SSSR count). The van der Waals surface area contributed by atoms with Crippen molar-refractivity contribution in [3.63, 3.8) is 0 Å². The molecular formula is C56H73N35O12. The first-order valence-electron chi connectivity index (χ1n) is 31.6. The number of amides is 5. The Bertz CT molecular complexity index is 5400. The minimum absolute atomic E-state index is 0.0858. The molecule has 12 aromatic heterocycles. The number of unbranched alkanes of at least 4 members (excludes halogenated alkanes) is 2. The Morgan fingerprint density at radius 2 is 0.670 bits per heavy atom. The Morgan fingerprint density at radius 3 is 0.971 bits per heavy atom. The predicted molar refractivity (Wildman–Crippen MR) is 356 cm³/mol. The molecule has 1 N–H and O–H groups in total. The maximum Gasteiger partial charge on any atom is 0.352 e. The number of carbonyl (C=O) groups is 6. The van der Waals surface area contributed by atoms with Gasteiger partial charge in [-0.3, -0.25) is 28.8 Å². The predicted octanol–water partition coefficient (Wildman–Crippen LogP) is -5.04. The fraction of sp³-hybridized carbons (Fsp3) is 0.464. The van der Waals surface area contributed by atoms with Crippen molar-refractivity contribution in [3.8, 4) is 0 Å². The summed E-state index contributed by atoms with van der Waals surface area (Å²) in [6, 6.07) is 0. The quantitative estimate of drug-likeness (QED) is 0.0996. The summed E-state index contributed by atoms with van der Waals surface area (Å²) in [5.41, 5.74) is -0.246. The summed E-state index contributed by atoms with van der Waals surface area (Å²) in [5, 5.41) is 47.0. The van der Waals surface area contributed by atoms with Crippen molar-refractivity contribution in [2.45, 2.75) is 73.1 Å². The first kappa shape index (κ1) is 75.5. The molecule has 0 saturated carbocycles. The van der Waals surface area contributed by atoms with Gasteiger partial charge in [0.05, 0.1) is 0 Å². The number of aryl methyl sites for hydroxylation is 6. The summed E-state index contributed by atoms with van der Waals surface area (Å²) in [5.74, 6) is -1.57. The zero-order valence-corrected chi connectivity index (χ0v) is 58.6. The van der Waals surface area contributed by atoms with E-state index in [9.17, 15) is 57.5 Å². The fourth-order valence-electron chi connectivity index (χ4n) is 9.52. The number of imidazole rings is 6. The molecule has 103 heavy (non-hydrogen) atoms. The lowest BCUT2D eigenvalue weighted by atomic mass is 10.2. The third-order valence-corrected chi connectivity index (χ3v) is 15.3. The standard InChI is InChI=1S/C14H22N6O2.C10H12N6O2.C10H14N6O2.C8H10N6O2.C7H8N6O2.C7H7N5O2/c1-4-6-8-19(9-7-5-2)13(21)11-12-16-17-18(3)14(22)20(12)10-15-11;1-14-10(18)16-6-11-7(8(16)12-13-14)9(17)15-4-2-3-5-15;1-4-15(5-2)9(17)7-8-12-13-14(3)10(18)16(8)6-11-7;1-12(2)7(15)5-6-10-11-13(3)8(16)14(6)4-9-5;1-8-6(14)4-5-10-11-12(2)7(15)13(5)3-9-4;1-4(13)5-6-9-10-11(2)7(14)12(6)3-8-5/h10H,4-9H2,1-3H3;6H,2-5H2,1H3;6H,4-5H2,1-3H3;4H,1-3H3;3H,1-2H3,(H,8,14);3H,1-2H3. The number of carbonyl (C=O) groups excluding carboxylic acids is 6.